The predicted octanol–water partition coefficient (Wildman–Crippen LogP) is 0.276. The fourth-order valence-electron chi connectivity index (χ4n) is 1.10. The molecule has 0 aliphatic carbocycles. The molecule has 7 heteroatoms. The van der Waals surface area contributed by atoms with E-state index in [1.165, 1.54) is 31.3 Å². The molecule has 0 aliphatic rings. The van der Waals surface area contributed by atoms with Crippen molar-refractivity contribution in [2.45, 2.75) is 11.8 Å². The molecule has 0 saturated carbocycles. The fourth-order valence-corrected chi connectivity index (χ4v) is 1.83. The summed E-state index contributed by atoms with van der Waals surface area (Å²) in [5.41, 5.74) is 2.54. The summed E-state index contributed by atoms with van der Waals surface area (Å²) in [5.74, 6) is -0.416. The molecule has 0 unspecified atom stereocenters. The van der Waals surface area contributed by atoms with E-state index in [-0.39, 0.29) is 4.90 Å². The van der Waals surface area contributed by atoms with E-state index in [2.05, 4.69) is 10.2 Å². The Kier molecular flexibility index (Phi) is 4.62. The summed E-state index contributed by atoms with van der Waals surface area (Å²) in [4.78, 5) is 16.3. The van der Waals surface area contributed by atoms with E-state index < -0.39 is 15.9 Å². The van der Waals surface area contributed by atoms with Crippen LogP contribution >= 0.6 is 0 Å². The predicted molar refractivity (Wildman–Crippen MR) is 61.8 cm³/mol. The molecule has 0 aromatic heterocycles. The normalized spacial score (nSPS) is 11.2. The Balaban J connectivity index is 2.85. The lowest BCUT2D eigenvalue weighted by Gasteiger charge is -2.05. The van der Waals surface area contributed by atoms with Crippen LogP contribution in [0.5, 0.6) is 0 Å². The highest BCUT2D eigenvalue weighted by molar-refractivity contribution is 7.89. The molecule has 17 heavy (non-hydrogen) atoms. The van der Waals surface area contributed by atoms with Gasteiger partial charge in [0.1, 0.15) is 0 Å². The van der Waals surface area contributed by atoms with Gasteiger partial charge < -0.3 is 0 Å². The van der Waals surface area contributed by atoms with E-state index >= 15 is 0 Å². The number of hydroxylamine groups is 1. The number of sulfonamides is 1. The molecule has 1 amide bonds. The Morgan fingerprint density at radius 1 is 1.29 bits per heavy atom. The number of benzene rings is 1. The fraction of sp³-hybridized carbons (Fsp3) is 0.300. The number of nitrogens with one attached hydrogen (secondary N) is 2. The highest BCUT2D eigenvalue weighted by Gasteiger charge is 2.12. The lowest BCUT2D eigenvalue weighted by Crippen LogP contribution is -2.24. The molecule has 1 rings (SSSR count). The smallest absolute Gasteiger partial charge is 0.274 e. The van der Waals surface area contributed by atoms with Gasteiger partial charge in [0.15, 0.2) is 0 Å². The number of carbonyl (C=O) groups is 1. The maximum absolute atomic E-state index is 11.4. The summed E-state index contributed by atoms with van der Waals surface area (Å²) >= 11 is 0. The molecule has 0 saturated heterocycles. The topological polar surface area (TPSA) is 84.5 Å². The van der Waals surface area contributed by atoms with Crippen LogP contribution in [0.15, 0.2) is 29.2 Å². The van der Waals surface area contributed by atoms with Gasteiger partial charge in [-0.25, -0.2) is 18.6 Å². The summed E-state index contributed by atoms with van der Waals surface area (Å²) in [5, 5.41) is 0. The van der Waals surface area contributed by atoms with Gasteiger partial charge in [0.05, 0.1) is 11.5 Å². The van der Waals surface area contributed by atoms with Crippen molar-refractivity contribution in [2.24, 2.45) is 0 Å². The minimum atomic E-state index is -3.47. The Morgan fingerprint density at radius 3 is 2.35 bits per heavy atom. The molecule has 0 heterocycles. The number of hydrogen-bond acceptors (Lipinski definition) is 4. The van der Waals surface area contributed by atoms with Gasteiger partial charge in [0.25, 0.3) is 5.91 Å². The second-order valence-electron chi connectivity index (χ2n) is 3.10. The van der Waals surface area contributed by atoms with Gasteiger partial charge in [0, 0.05) is 5.56 Å². The average molecular weight is 258 g/mol. The van der Waals surface area contributed by atoms with Crippen LogP contribution in [-0.2, 0) is 14.9 Å². The third-order valence-electron chi connectivity index (χ3n) is 2.00. The van der Waals surface area contributed by atoms with Crippen LogP contribution in [0.25, 0.3) is 0 Å². The molecule has 1 aromatic rings. The van der Waals surface area contributed by atoms with Gasteiger partial charge in [-0.1, -0.05) is 0 Å². The van der Waals surface area contributed by atoms with Gasteiger partial charge >= 0.3 is 0 Å². The van der Waals surface area contributed by atoms with E-state index in [1.807, 2.05) is 0 Å². The van der Waals surface area contributed by atoms with Crippen molar-refractivity contribution < 1.29 is 18.0 Å². The molecular formula is C10H14N2O4S. The third-order valence-corrected chi connectivity index (χ3v) is 3.43. The van der Waals surface area contributed by atoms with Crippen LogP contribution in [0.4, 0.5) is 0 Å². The number of carbonyl (C=O) groups excluding carboxylic acids is 1. The van der Waals surface area contributed by atoms with Crippen LogP contribution in [-0.4, -0.2) is 28.0 Å². The molecule has 2 N–H and O–H groups in total. The van der Waals surface area contributed by atoms with Crippen LogP contribution in [0.1, 0.15) is 17.3 Å². The van der Waals surface area contributed by atoms with Gasteiger partial charge in [-0.15, -0.1) is 0 Å². The van der Waals surface area contributed by atoms with E-state index in [4.69, 9.17) is 4.84 Å². The molecular weight excluding hydrogens is 244 g/mol. The van der Waals surface area contributed by atoms with E-state index in [9.17, 15) is 13.2 Å². The van der Waals surface area contributed by atoms with Crippen LogP contribution in [0.3, 0.4) is 0 Å². The van der Waals surface area contributed by atoms with Crippen LogP contribution in [0, 0.1) is 0 Å². The molecule has 0 aliphatic heterocycles. The standard InChI is InChI=1S/C10H14N2O4S/c1-3-16-12-10(13)8-4-6-9(7-5-8)17(14,15)11-2/h4-7,11H,3H2,1-2H3,(H,12,13). The first-order valence-corrected chi connectivity index (χ1v) is 6.45. The molecule has 0 bridgehead atoms. The lowest BCUT2D eigenvalue weighted by atomic mass is 10.2. The third kappa shape index (κ3) is 3.52. The Morgan fingerprint density at radius 2 is 1.88 bits per heavy atom. The second kappa shape index (κ2) is 5.76. The van der Waals surface area contributed by atoms with E-state index in [1.54, 1.807) is 6.92 Å². The van der Waals surface area contributed by atoms with Gasteiger partial charge in [-0.05, 0) is 38.2 Å². The molecule has 94 valence electrons. The minimum Gasteiger partial charge on any atom is -0.274 e. The molecule has 0 radical (unpaired) electrons. The SMILES string of the molecule is CCONC(=O)c1ccc(S(=O)(=O)NC)cc1. The van der Waals surface area contributed by atoms with Gasteiger partial charge in [-0.2, -0.15) is 0 Å². The molecule has 0 spiro atoms. The molecule has 0 atom stereocenters. The zero-order valence-electron chi connectivity index (χ0n) is 9.56. The first-order chi connectivity index (χ1) is 8.01. The monoisotopic (exact) mass is 258 g/mol. The first-order valence-electron chi connectivity index (χ1n) is 4.97. The van der Waals surface area contributed by atoms with Gasteiger partial charge in [0.2, 0.25) is 10.0 Å². The highest BCUT2D eigenvalue weighted by Crippen LogP contribution is 2.09. The number of amides is 1. The largest absolute Gasteiger partial charge is 0.274 e. The van der Waals surface area contributed by atoms with Crippen LogP contribution in [0.2, 0.25) is 0 Å². The molecule has 1 aromatic carbocycles. The van der Waals surface area contributed by atoms with Crippen molar-refractivity contribution in [3.05, 3.63) is 29.8 Å². The lowest BCUT2D eigenvalue weighted by molar-refractivity contribution is 0.0364. The summed E-state index contributed by atoms with van der Waals surface area (Å²) < 4.78 is 25.0. The van der Waals surface area contributed by atoms with Gasteiger partial charge in [-0.3, -0.25) is 9.63 Å². The summed E-state index contributed by atoms with van der Waals surface area (Å²) in [6.07, 6.45) is 0. The molecule has 0 fully saturated rings. The first kappa shape index (κ1) is 13.6. The summed E-state index contributed by atoms with van der Waals surface area (Å²) in [7, 11) is -2.15. The summed E-state index contributed by atoms with van der Waals surface area (Å²) in [6.45, 7) is 2.10. The summed E-state index contributed by atoms with van der Waals surface area (Å²) in [6, 6.07) is 5.54. The van der Waals surface area contributed by atoms with Crippen LogP contribution < -0.4 is 10.2 Å². The Labute approximate surface area is 100.0 Å². The van der Waals surface area contributed by atoms with Crippen molar-refractivity contribution in [3.8, 4) is 0 Å². The zero-order valence-corrected chi connectivity index (χ0v) is 10.4. The van der Waals surface area contributed by atoms with Crippen molar-refractivity contribution in [3.63, 3.8) is 0 Å². The van der Waals surface area contributed by atoms with Crippen molar-refractivity contribution in [1.29, 1.82) is 0 Å². The Hall–Kier alpha value is -1.44. The zero-order chi connectivity index (χ0) is 12.9. The number of hydrogen-bond donors (Lipinski definition) is 2. The molecule has 6 nitrogen and oxygen atoms in total. The van der Waals surface area contributed by atoms with E-state index in [0.717, 1.165) is 0 Å². The second-order valence-corrected chi connectivity index (χ2v) is 4.98. The highest BCUT2D eigenvalue weighted by atomic mass is 32.2. The van der Waals surface area contributed by atoms with Crippen molar-refractivity contribution >= 4 is 15.9 Å². The van der Waals surface area contributed by atoms with Crippen molar-refractivity contribution in [1.82, 2.24) is 10.2 Å². The Bertz CT molecular complexity index is 482. The van der Waals surface area contributed by atoms with Crippen molar-refractivity contribution in [2.75, 3.05) is 13.7 Å². The maximum Gasteiger partial charge on any atom is 0.274 e. The number of rotatable bonds is 5. The minimum absolute atomic E-state index is 0.105. The van der Waals surface area contributed by atoms with E-state index in [0.29, 0.717) is 12.2 Å². The maximum atomic E-state index is 11.4. The quantitative estimate of drug-likeness (QED) is 0.743. The average Bonchev–Trinajstić information content (AvgIpc) is 2.36.